The number of aromatic nitrogens is 2. The molecule has 2 N–H and O–H groups in total. The van der Waals surface area contributed by atoms with Crippen LogP contribution in [0.4, 0.5) is 0 Å². The van der Waals surface area contributed by atoms with E-state index in [4.69, 9.17) is 10.5 Å². The SMILES string of the molecule is COC1(c2nccc(CN)n2)CCC(C)(C)CC1. The summed E-state index contributed by atoms with van der Waals surface area (Å²) >= 11 is 0. The maximum absolute atomic E-state index is 5.79. The predicted octanol–water partition coefficient (Wildman–Crippen LogP) is 2.38. The van der Waals surface area contributed by atoms with Crippen LogP contribution in [0.1, 0.15) is 51.0 Å². The van der Waals surface area contributed by atoms with E-state index in [1.807, 2.05) is 6.07 Å². The Kier molecular flexibility index (Phi) is 3.69. The molecule has 0 unspecified atom stereocenters. The molecule has 0 bridgehead atoms. The van der Waals surface area contributed by atoms with E-state index in [0.717, 1.165) is 37.2 Å². The monoisotopic (exact) mass is 249 g/mol. The molecule has 1 aromatic rings. The molecule has 2 rings (SSSR count). The van der Waals surface area contributed by atoms with Gasteiger partial charge >= 0.3 is 0 Å². The summed E-state index contributed by atoms with van der Waals surface area (Å²) in [4.78, 5) is 8.95. The molecule has 1 heterocycles. The molecule has 1 fully saturated rings. The van der Waals surface area contributed by atoms with Crippen molar-refractivity contribution in [3.8, 4) is 0 Å². The smallest absolute Gasteiger partial charge is 0.160 e. The first-order chi connectivity index (χ1) is 8.51. The molecule has 0 spiro atoms. The van der Waals surface area contributed by atoms with Crippen LogP contribution in [0.3, 0.4) is 0 Å². The fourth-order valence-electron chi connectivity index (χ4n) is 2.58. The van der Waals surface area contributed by atoms with Gasteiger partial charge in [0.25, 0.3) is 0 Å². The Labute approximate surface area is 109 Å². The van der Waals surface area contributed by atoms with E-state index in [1.54, 1.807) is 13.3 Å². The molecule has 4 nitrogen and oxygen atoms in total. The van der Waals surface area contributed by atoms with Crippen LogP contribution in [0.15, 0.2) is 12.3 Å². The normalized spacial score (nSPS) is 21.8. The molecule has 100 valence electrons. The van der Waals surface area contributed by atoms with Gasteiger partial charge in [-0.1, -0.05) is 13.8 Å². The zero-order valence-corrected chi connectivity index (χ0v) is 11.6. The van der Waals surface area contributed by atoms with Crippen LogP contribution < -0.4 is 5.73 Å². The first-order valence-corrected chi connectivity index (χ1v) is 6.59. The van der Waals surface area contributed by atoms with Gasteiger partial charge in [-0.2, -0.15) is 0 Å². The number of nitrogens with zero attached hydrogens (tertiary/aromatic N) is 2. The topological polar surface area (TPSA) is 61.0 Å². The summed E-state index contributed by atoms with van der Waals surface area (Å²) in [7, 11) is 1.76. The van der Waals surface area contributed by atoms with Crippen LogP contribution >= 0.6 is 0 Å². The summed E-state index contributed by atoms with van der Waals surface area (Å²) in [6.07, 6.45) is 6.01. The summed E-state index contributed by atoms with van der Waals surface area (Å²) < 4.78 is 5.79. The number of rotatable bonds is 3. The maximum Gasteiger partial charge on any atom is 0.160 e. The molecular formula is C14H23N3O. The second-order valence-electron chi connectivity index (χ2n) is 5.94. The average molecular weight is 249 g/mol. The summed E-state index contributed by atoms with van der Waals surface area (Å²) in [6.45, 7) is 5.06. The number of hydrogen-bond acceptors (Lipinski definition) is 4. The molecule has 4 heteroatoms. The van der Waals surface area contributed by atoms with Gasteiger partial charge in [-0.25, -0.2) is 9.97 Å². The minimum Gasteiger partial charge on any atom is -0.370 e. The highest BCUT2D eigenvalue weighted by Crippen LogP contribution is 2.45. The molecule has 18 heavy (non-hydrogen) atoms. The summed E-state index contributed by atoms with van der Waals surface area (Å²) in [5.74, 6) is 0.795. The second-order valence-corrected chi connectivity index (χ2v) is 5.94. The fourth-order valence-corrected chi connectivity index (χ4v) is 2.58. The molecular weight excluding hydrogens is 226 g/mol. The van der Waals surface area contributed by atoms with Crippen LogP contribution in [-0.2, 0) is 16.9 Å². The molecule has 0 aromatic carbocycles. The molecule has 1 aliphatic rings. The van der Waals surface area contributed by atoms with Crippen LogP contribution in [0.25, 0.3) is 0 Å². The van der Waals surface area contributed by atoms with Gasteiger partial charge in [0.1, 0.15) is 5.60 Å². The standard InChI is InChI=1S/C14H23N3O/c1-13(2)5-7-14(18-3,8-6-13)12-16-9-4-11(10-15)17-12/h4,9H,5-8,10,15H2,1-3H3. The van der Waals surface area contributed by atoms with Crippen molar-refractivity contribution in [2.24, 2.45) is 11.1 Å². The number of methoxy groups -OCH3 is 1. The van der Waals surface area contributed by atoms with E-state index >= 15 is 0 Å². The van der Waals surface area contributed by atoms with E-state index in [9.17, 15) is 0 Å². The van der Waals surface area contributed by atoms with Crippen molar-refractivity contribution in [2.75, 3.05) is 7.11 Å². The zero-order chi connectivity index (χ0) is 13.2. The Morgan fingerprint density at radius 2 is 1.94 bits per heavy atom. The third kappa shape index (κ3) is 2.54. The highest BCUT2D eigenvalue weighted by Gasteiger charge is 2.41. The van der Waals surface area contributed by atoms with E-state index in [-0.39, 0.29) is 5.60 Å². The van der Waals surface area contributed by atoms with Gasteiger partial charge in [-0.05, 0) is 37.2 Å². The highest BCUT2D eigenvalue weighted by atomic mass is 16.5. The van der Waals surface area contributed by atoms with Gasteiger partial charge in [-0.15, -0.1) is 0 Å². The first-order valence-electron chi connectivity index (χ1n) is 6.59. The Bertz CT molecular complexity index is 407. The van der Waals surface area contributed by atoms with Gasteiger partial charge < -0.3 is 10.5 Å². The van der Waals surface area contributed by atoms with Crippen LogP contribution in [-0.4, -0.2) is 17.1 Å². The molecule has 0 saturated heterocycles. The van der Waals surface area contributed by atoms with Gasteiger partial charge in [0.15, 0.2) is 5.82 Å². The predicted molar refractivity (Wildman–Crippen MR) is 70.9 cm³/mol. The highest BCUT2D eigenvalue weighted by molar-refractivity contribution is 5.10. The van der Waals surface area contributed by atoms with Crippen molar-refractivity contribution in [2.45, 2.75) is 51.7 Å². The maximum atomic E-state index is 5.79. The van der Waals surface area contributed by atoms with Gasteiger partial charge in [-0.3, -0.25) is 0 Å². The minimum absolute atomic E-state index is 0.319. The Morgan fingerprint density at radius 1 is 1.28 bits per heavy atom. The largest absolute Gasteiger partial charge is 0.370 e. The van der Waals surface area contributed by atoms with Crippen molar-refractivity contribution >= 4 is 0 Å². The van der Waals surface area contributed by atoms with Crippen molar-refractivity contribution in [3.63, 3.8) is 0 Å². The lowest BCUT2D eigenvalue weighted by Crippen LogP contribution is -2.38. The van der Waals surface area contributed by atoms with Gasteiger partial charge in [0.2, 0.25) is 0 Å². The Morgan fingerprint density at radius 3 is 2.50 bits per heavy atom. The molecule has 1 aromatic heterocycles. The Balaban J connectivity index is 2.27. The van der Waals surface area contributed by atoms with Crippen molar-refractivity contribution < 1.29 is 4.74 Å². The van der Waals surface area contributed by atoms with E-state index in [1.165, 1.54) is 0 Å². The summed E-state index contributed by atoms with van der Waals surface area (Å²) in [6, 6.07) is 1.86. The van der Waals surface area contributed by atoms with Crippen molar-refractivity contribution in [3.05, 3.63) is 23.8 Å². The fraction of sp³-hybridized carbons (Fsp3) is 0.714. The number of nitrogens with two attached hydrogens (primary N) is 1. The van der Waals surface area contributed by atoms with Crippen LogP contribution in [0, 0.1) is 5.41 Å². The van der Waals surface area contributed by atoms with Gasteiger partial charge in [0.05, 0.1) is 5.69 Å². The van der Waals surface area contributed by atoms with E-state index in [0.29, 0.717) is 12.0 Å². The first kappa shape index (κ1) is 13.4. The van der Waals surface area contributed by atoms with Crippen LogP contribution in [0.2, 0.25) is 0 Å². The van der Waals surface area contributed by atoms with E-state index < -0.39 is 0 Å². The molecule has 0 amide bonds. The summed E-state index contributed by atoms with van der Waals surface area (Å²) in [5, 5.41) is 0. The van der Waals surface area contributed by atoms with E-state index in [2.05, 4.69) is 23.8 Å². The molecule has 0 aliphatic heterocycles. The van der Waals surface area contributed by atoms with Crippen LogP contribution in [0.5, 0.6) is 0 Å². The molecule has 0 radical (unpaired) electrons. The number of hydrogen-bond donors (Lipinski definition) is 1. The third-order valence-corrected chi connectivity index (χ3v) is 4.13. The minimum atomic E-state index is -0.319. The molecule has 1 saturated carbocycles. The lowest BCUT2D eigenvalue weighted by molar-refractivity contribution is -0.0730. The lowest BCUT2D eigenvalue weighted by atomic mass is 9.70. The average Bonchev–Trinajstić information content (AvgIpc) is 2.39. The second kappa shape index (κ2) is 4.94. The van der Waals surface area contributed by atoms with Crippen molar-refractivity contribution in [1.29, 1.82) is 0 Å². The third-order valence-electron chi connectivity index (χ3n) is 4.13. The Hall–Kier alpha value is -1.00. The zero-order valence-electron chi connectivity index (χ0n) is 11.6. The number of ether oxygens (including phenoxy) is 1. The molecule has 0 atom stereocenters. The van der Waals surface area contributed by atoms with Crippen molar-refractivity contribution in [1.82, 2.24) is 9.97 Å². The van der Waals surface area contributed by atoms with Gasteiger partial charge in [0, 0.05) is 19.9 Å². The lowest BCUT2D eigenvalue weighted by Gasteiger charge is -2.41. The quantitative estimate of drug-likeness (QED) is 0.893. The molecule has 1 aliphatic carbocycles. The summed E-state index contributed by atoms with van der Waals surface area (Å²) in [5.41, 5.74) is 6.60.